The minimum absolute atomic E-state index is 0.0497. The Kier molecular flexibility index (Phi) is 4.49. The summed E-state index contributed by atoms with van der Waals surface area (Å²) in [5.41, 5.74) is 5.74. The van der Waals surface area contributed by atoms with Crippen LogP contribution in [0, 0.1) is 0 Å². The maximum absolute atomic E-state index is 12.4. The third-order valence-electron chi connectivity index (χ3n) is 4.03. The van der Waals surface area contributed by atoms with Crippen molar-refractivity contribution < 1.29 is 14.6 Å². The van der Waals surface area contributed by atoms with E-state index < -0.39 is 0 Å². The van der Waals surface area contributed by atoms with E-state index in [2.05, 4.69) is 5.32 Å². The van der Waals surface area contributed by atoms with Crippen molar-refractivity contribution in [3.05, 3.63) is 23.8 Å². The number of phenolic OH excluding ortho intramolecular Hbond substituents is 1. The maximum atomic E-state index is 12.4. The van der Waals surface area contributed by atoms with Gasteiger partial charge in [-0.15, -0.1) is 0 Å². The van der Waals surface area contributed by atoms with Gasteiger partial charge in [0.2, 0.25) is 0 Å². The lowest BCUT2D eigenvalue weighted by atomic mass is 9.81. The number of aromatic hydroxyl groups is 1. The van der Waals surface area contributed by atoms with Crippen molar-refractivity contribution in [2.45, 2.75) is 37.6 Å². The first-order valence-electron chi connectivity index (χ1n) is 7.00. The minimum Gasteiger partial charge on any atom is -0.507 e. The van der Waals surface area contributed by atoms with Crippen LogP contribution < -0.4 is 15.8 Å². The molecule has 5 nitrogen and oxygen atoms in total. The molecule has 0 radical (unpaired) electrons. The lowest BCUT2D eigenvalue weighted by Gasteiger charge is -2.37. The molecule has 0 bridgehead atoms. The molecule has 1 aromatic carbocycles. The molecule has 0 aromatic heterocycles. The van der Waals surface area contributed by atoms with Gasteiger partial charge in [-0.05, 0) is 31.0 Å². The van der Waals surface area contributed by atoms with E-state index in [1.807, 2.05) is 0 Å². The van der Waals surface area contributed by atoms with E-state index in [1.165, 1.54) is 25.7 Å². The van der Waals surface area contributed by atoms with E-state index >= 15 is 0 Å². The first-order chi connectivity index (χ1) is 9.60. The molecule has 1 saturated carbocycles. The van der Waals surface area contributed by atoms with Gasteiger partial charge in [-0.25, -0.2) is 0 Å². The standard InChI is InChI=1S/C15H22N2O3/c1-20-11-5-6-13(18)12(9-11)14(19)17-15(10-16)7-3-2-4-8-15/h5-6,9,18H,2-4,7-8,10,16H2,1H3,(H,17,19). The molecule has 20 heavy (non-hydrogen) atoms. The molecule has 0 atom stereocenters. The summed E-state index contributed by atoms with van der Waals surface area (Å²) >= 11 is 0. The van der Waals surface area contributed by atoms with Crippen molar-refractivity contribution in [1.29, 1.82) is 0 Å². The smallest absolute Gasteiger partial charge is 0.255 e. The Morgan fingerprint density at radius 1 is 1.40 bits per heavy atom. The summed E-state index contributed by atoms with van der Waals surface area (Å²) in [6, 6.07) is 4.62. The second-order valence-corrected chi connectivity index (χ2v) is 5.38. The Bertz CT molecular complexity index is 482. The molecule has 5 heteroatoms. The van der Waals surface area contributed by atoms with Crippen LogP contribution in [0.25, 0.3) is 0 Å². The summed E-state index contributed by atoms with van der Waals surface area (Å²) in [4.78, 5) is 12.4. The topological polar surface area (TPSA) is 84.6 Å². The average molecular weight is 278 g/mol. The van der Waals surface area contributed by atoms with E-state index in [0.717, 1.165) is 25.7 Å². The van der Waals surface area contributed by atoms with E-state index in [0.29, 0.717) is 12.3 Å². The van der Waals surface area contributed by atoms with Gasteiger partial charge in [0.15, 0.2) is 0 Å². The third kappa shape index (κ3) is 3.04. The van der Waals surface area contributed by atoms with Crippen molar-refractivity contribution in [2.75, 3.05) is 13.7 Å². The van der Waals surface area contributed by atoms with Crippen molar-refractivity contribution in [3.63, 3.8) is 0 Å². The van der Waals surface area contributed by atoms with Gasteiger partial charge in [-0.2, -0.15) is 0 Å². The fourth-order valence-electron chi connectivity index (χ4n) is 2.74. The molecule has 0 spiro atoms. The fraction of sp³-hybridized carbons (Fsp3) is 0.533. The van der Waals surface area contributed by atoms with Gasteiger partial charge in [0, 0.05) is 6.54 Å². The van der Waals surface area contributed by atoms with Crippen molar-refractivity contribution in [2.24, 2.45) is 5.73 Å². The highest BCUT2D eigenvalue weighted by Crippen LogP contribution is 2.29. The lowest BCUT2D eigenvalue weighted by molar-refractivity contribution is 0.0871. The second kappa shape index (κ2) is 6.13. The Hall–Kier alpha value is -1.75. The predicted molar refractivity (Wildman–Crippen MR) is 77.0 cm³/mol. The number of nitrogens with one attached hydrogen (secondary N) is 1. The normalized spacial score (nSPS) is 17.5. The molecule has 0 unspecified atom stereocenters. The third-order valence-corrected chi connectivity index (χ3v) is 4.03. The number of ether oxygens (including phenoxy) is 1. The van der Waals surface area contributed by atoms with Crippen LogP contribution in [-0.2, 0) is 0 Å². The van der Waals surface area contributed by atoms with Gasteiger partial charge < -0.3 is 20.9 Å². The zero-order chi connectivity index (χ0) is 14.6. The molecular weight excluding hydrogens is 256 g/mol. The van der Waals surface area contributed by atoms with Crippen molar-refractivity contribution in [1.82, 2.24) is 5.32 Å². The Balaban J connectivity index is 2.18. The first kappa shape index (κ1) is 14.7. The Morgan fingerprint density at radius 2 is 2.10 bits per heavy atom. The van der Waals surface area contributed by atoms with Crippen LogP contribution in [0.2, 0.25) is 0 Å². The molecule has 0 heterocycles. The first-order valence-corrected chi connectivity index (χ1v) is 7.00. The maximum Gasteiger partial charge on any atom is 0.255 e. The SMILES string of the molecule is COc1ccc(O)c(C(=O)NC2(CN)CCCCC2)c1. The number of carbonyl (C=O) groups excluding carboxylic acids is 1. The molecule has 4 N–H and O–H groups in total. The Labute approximate surface area is 119 Å². The van der Waals surface area contributed by atoms with Crippen LogP contribution >= 0.6 is 0 Å². The van der Waals surface area contributed by atoms with Gasteiger partial charge in [0.25, 0.3) is 5.91 Å². The fourth-order valence-corrected chi connectivity index (χ4v) is 2.74. The summed E-state index contributed by atoms with van der Waals surface area (Å²) in [6.07, 6.45) is 5.10. The number of methoxy groups -OCH3 is 1. The number of hydrogen-bond acceptors (Lipinski definition) is 4. The van der Waals surface area contributed by atoms with E-state index in [4.69, 9.17) is 10.5 Å². The summed E-state index contributed by atoms with van der Waals surface area (Å²) in [6.45, 7) is 0.420. The lowest BCUT2D eigenvalue weighted by Crippen LogP contribution is -2.54. The molecule has 1 aliphatic rings. The van der Waals surface area contributed by atoms with Gasteiger partial charge in [-0.3, -0.25) is 4.79 Å². The second-order valence-electron chi connectivity index (χ2n) is 5.38. The molecular formula is C15H22N2O3. The molecule has 0 aliphatic heterocycles. The number of phenols is 1. The highest BCUT2D eigenvalue weighted by atomic mass is 16.5. The molecule has 1 aromatic rings. The zero-order valence-electron chi connectivity index (χ0n) is 11.8. The van der Waals surface area contributed by atoms with Gasteiger partial charge in [0.05, 0.1) is 18.2 Å². The minimum atomic E-state index is -0.342. The number of rotatable bonds is 4. The summed E-state index contributed by atoms with van der Waals surface area (Å²) in [7, 11) is 1.52. The van der Waals surface area contributed by atoms with Crippen LogP contribution in [0.1, 0.15) is 42.5 Å². The number of hydrogen-bond donors (Lipinski definition) is 3. The monoisotopic (exact) mass is 278 g/mol. The Morgan fingerprint density at radius 3 is 2.70 bits per heavy atom. The highest BCUT2D eigenvalue weighted by Gasteiger charge is 2.33. The zero-order valence-corrected chi connectivity index (χ0v) is 11.8. The van der Waals surface area contributed by atoms with Crippen molar-refractivity contribution in [3.8, 4) is 11.5 Å². The quantitative estimate of drug-likeness (QED) is 0.784. The van der Waals surface area contributed by atoms with E-state index in [9.17, 15) is 9.90 Å². The number of amides is 1. The van der Waals surface area contributed by atoms with Crippen LogP contribution in [-0.4, -0.2) is 30.2 Å². The molecule has 2 rings (SSSR count). The predicted octanol–water partition coefficient (Wildman–Crippen LogP) is 1.79. The summed E-state index contributed by atoms with van der Waals surface area (Å²) in [5, 5.41) is 12.9. The van der Waals surface area contributed by atoms with Gasteiger partial charge in [-0.1, -0.05) is 19.3 Å². The molecule has 1 aliphatic carbocycles. The molecule has 1 fully saturated rings. The molecule has 1 amide bonds. The van der Waals surface area contributed by atoms with Gasteiger partial charge in [0.1, 0.15) is 11.5 Å². The molecule has 0 saturated heterocycles. The largest absolute Gasteiger partial charge is 0.507 e. The van der Waals surface area contributed by atoms with Crippen LogP contribution in [0.3, 0.4) is 0 Å². The summed E-state index contributed by atoms with van der Waals surface area (Å²) in [5.74, 6) is 0.193. The molecule has 110 valence electrons. The van der Waals surface area contributed by atoms with Crippen LogP contribution in [0.5, 0.6) is 11.5 Å². The van der Waals surface area contributed by atoms with E-state index in [-0.39, 0.29) is 22.8 Å². The average Bonchev–Trinajstić information content (AvgIpc) is 2.48. The van der Waals surface area contributed by atoms with Crippen LogP contribution in [0.4, 0.5) is 0 Å². The van der Waals surface area contributed by atoms with Gasteiger partial charge >= 0.3 is 0 Å². The summed E-state index contributed by atoms with van der Waals surface area (Å²) < 4.78 is 5.09. The highest BCUT2D eigenvalue weighted by molar-refractivity contribution is 5.97. The number of carbonyl (C=O) groups is 1. The van der Waals surface area contributed by atoms with Crippen molar-refractivity contribution >= 4 is 5.91 Å². The van der Waals surface area contributed by atoms with Crippen LogP contribution in [0.15, 0.2) is 18.2 Å². The number of nitrogens with two attached hydrogens (primary N) is 1. The van der Waals surface area contributed by atoms with E-state index in [1.54, 1.807) is 6.07 Å². The number of benzene rings is 1.